The smallest absolute Gasteiger partial charge is 0.332 e. The summed E-state index contributed by atoms with van der Waals surface area (Å²) in [5.41, 5.74) is 5.93. The van der Waals surface area contributed by atoms with Gasteiger partial charge in [-0.15, -0.1) is 0 Å². The molecule has 1 aromatic carbocycles. The van der Waals surface area contributed by atoms with E-state index >= 15 is 0 Å². The number of rotatable bonds is 1. The second-order valence-corrected chi connectivity index (χ2v) is 3.09. The number of fused-ring (bicyclic) bond motifs is 1. The van der Waals surface area contributed by atoms with Crippen LogP contribution < -0.4 is 5.73 Å². The van der Waals surface area contributed by atoms with E-state index in [-0.39, 0.29) is 0 Å². The molecule has 3 heteroatoms. The molecule has 3 nitrogen and oxygen atoms in total. The number of hydrogen-bond donors (Lipinski definition) is 2. The van der Waals surface area contributed by atoms with E-state index < -0.39 is 11.5 Å². The van der Waals surface area contributed by atoms with Gasteiger partial charge in [-0.2, -0.15) is 0 Å². The molecule has 0 bridgehead atoms. The summed E-state index contributed by atoms with van der Waals surface area (Å²) in [5, 5.41) is 8.94. The standard InChI is InChI=1S/C10H9NO2/c11-10(9(12)13)6-5-7-3-1-2-4-8(7)10/h1-6H,11H2,(H,12,13). The van der Waals surface area contributed by atoms with Crippen molar-refractivity contribution in [1.29, 1.82) is 0 Å². The zero-order chi connectivity index (χ0) is 9.47. The summed E-state index contributed by atoms with van der Waals surface area (Å²) in [4.78, 5) is 10.9. The molecule has 1 atom stereocenters. The van der Waals surface area contributed by atoms with Crippen molar-refractivity contribution in [1.82, 2.24) is 0 Å². The van der Waals surface area contributed by atoms with Crippen LogP contribution in [0.15, 0.2) is 30.3 Å². The lowest BCUT2D eigenvalue weighted by Gasteiger charge is -2.17. The van der Waals surface area contributed by atoms with E-state index in [2.05, 4.69) is 0 Å². The Morgan fingerprint density at radius 3 is 2.77 bits per heavy atom. The molecule has 0 radical (unpaired) electrons. The molecule has 1 aliphatic rings. The first-order valence-corrected chi connectivity index (χ1v) is 3.95. The van der Waals surface area contributed by atoms with E-state index in [1.165, 1.54) is 6.08 Å². The van der Waals surface area contributed by atoms with Gasteiger partial charge in [-0.25, -0.2) is 4.79 Å². The monoisotopic (exact) mass is 175 g/mol. The van der Waals surface area contributed by atoms with Crippen molar-refractivity contribution >= 4 is 12.0 Å². The molecule has 66 valence electrons. The van der Waals surface area contributed by atoms with Gasteiger partial charge in [0.2, 0.25) is 0 Å². The highest BCUT2D eigenvalue weighted by molar-refractivity contribution is 5.89. The van der Waals surface area contributed by atoms with E-state index in [0.717, 1.165) is 5.56 Å². The van der Waals surface area contributed by atoms with Crippen LogP contribution in [0.2, 0.25) is 0 Å². The SMILES string of the molecule is NC1(C(=O)O)C=Cc2ccccc21. The normalized spacial score (nSPS) is 24.4. The third kappa shape index (κ3) is 0.975. The van der Waals surface area contributed by atoms with Crippen LogP contribution in [-0.4, -0.2) is 11.1 Å². The summed E-state index contributed by atoms with van der Waals surface area (Å²) >= 11 is 0. The average Bonchev–Trinajstić information content (AvgIpc) is 2.47. The molecule has 0 aliphatic heterocycles. The highest BCUT2D eigenvalue weighted by atomic mass is 16.4. The minimum Gasteiger partial charge on any atom is -0.479 e. The average molecular weight is 175 g/mol. The number of hydrogen-bond acceptors (Lipinski definition) is 2. The Morgan fingerprint density at radius 1 is 1.38 bits per heavy atom. The molecule has 0 aromatic heterocycles. The molecule has 3 N–H and O–H groups in total. The van der Waals surface area contributed by atoms with E-state index in [1.54, 1.807) is 18.2 Å². The topological polar surface area (TPSA) is 63.3 Å². The summed E-state index contributed by atoms with van der Waals surface area (Å²) in [7, 11) is 0. The highest BCUT2D eigenvalue weighted by Gasteiger charge is 2.37. The first-order valence-electron chi connectivity index (χ1n) is 3.95. The number of aliphatic carboxylic acids is 1. The van der Waals surface area contributed by atoms with Crippen LogP contribution in [0.3, 0.4) is 0 Å². The Labute approximate surface area is 75.5 Å². The van der Waals surface area contributed by atoms with Crippen molar-refractivity contribution in [2.24, 2.45) is 5.73 Å². The second-order valence-electron chi connectivity index (χ2n) is 3.09. The first-order chi connectivity index (χ1) is 6.14. The predicted octanol–water partition coefficient (Wildman–Crippen LogP) is 0.952. The third-order valence-electron chi connectivity index (χ3n) is 2.29. The first kappa shape index (κ1) is 8.01. The lowest BCUT2D eigenvalue weighted by Crippen LogP contribution is -2.41. The van der Waals surface area contributed by atoms with Gasteiger partial charge in [0.25, 0.3) is 0 Å². The van der Waals surface area contributed by atoms with Gasteiger partial charge in [-0.05, 0) is 17.2 Å². The maximum absolute atomic E-state index is 10.9. The lowest BCUT2D eigenvalue weighted by atomic mass is 9.94. The number of carbonyl (C=O) groups is 1. The van der Waals surface area contributed by atoms with Crippen LogP contribution in [-0.2, 0) is 10.3 Å². The molecule has 13 heavy (non-hydrogen) atoms. The van der Waals surface area contributed by atoms with Gasteiger partial charge < -0.3 is 10.8 Å². The van der Waals surface area contributed by atoms with Crippen LogP contribution >= 0.6 is 0 Å². The van der Waals surface area contributed by atoms with Gasteiger partial charge in [0, 0.05) is 0 Å². The van der Waals surface area contributed by atoms with E-state index in [0.29, 0.717) is 5.56 Å². The number of benzene rings is 1. The largest absolute Gasteiger partial charge is 0.479 e. The van der Waals surface area contributed by atoms with Crippen molar-refractivity contribution < 1.29 is 9.90 Å². The van der Waals surface area contributed by atoms with E-state index in [9.17, 15) is 4.79 Å². The molecule has 0 spiro atoms. The molecule has 1 aromatic rings. The third-order valence-corrected chi connectivity index (χ3v) is 2.29. The maximum atomic E-state index is 10.9. The molecule has 0 saturated carbocycles. The lowest BCUT2D eigenvalue weighted by molar-refractivity contribution is -0.141. The fraction of sp³-hybridized carbons (Fsp3) is 0.100. The number of nitrogens with two attached hydrogens (primary N) is 1. The second kappa shape index (κ2) is 2.44. The van der Waals surface area contributed by atoms with Crippen molar-refractivity contribution in [3.8, 4) is 0 Å². The van der Waals surface area contributed by atoms with Gasteiger partial charge in [-0.1, -0.05) is 30.3 Å². The van der Waals surface area contributed by atoms with Crippen LogP contribution in [0.5, 0.6) is 0 Å². The van der Waals surface area contributed by atoms with Crippen LogP contribution in [0.25, 0.3) is 6.08 Å². The van der Waals surface area contributed by atoms with Gasteiger partial charge >= 0.3 is 5.97 Å². The predicted molar refractivity (Wildman–Crippen MR) is 49.0 cm³/mol. The summed E-state index contributed by atoms with van der Waals surface area (Å²) in [5.74, 6) is -1.02. The Balaban J connectivity index is 2.61. The van der Waals surface area contributed by atoms with Crippen LogP contribution in [0.4, 0.5) is 0 Å². The van der Waals surface area contributed by atoms with E-state index in [4.69, 9.17) is 10.8 Å². The fourth-order valence-electron chi connectivity index (χ4n) is 1.52. The zero-order valence-electron chi connectivity index (χ0n) is 6.90. The Kier molecular flexibility index (Phi) is 1.50. The fourth-order valence-corrected chi connectivity index (χ4v) is 1.52. The summed E-state index contributed by atoms with van der Waals surface area (Å²) < 4.78 is 0. The molecule has 0 heterocycles. The quantitative estimate of drug-likeness (QED) is 0.668. The minimum atomic E-state index is -1.34. The van der Waals surface area contributed by atoms with Crippen LogP contribution in [0, 0.1) is 0 Å². The molecule has 1 aliphatic carbocycles. The highest BCUT2D eigenvalue weighted by Crippen LogP contribution is 2.31. The van der Waals surface area contributed by atoms with Crippen molar-refractivity contribution in [2.75, 3.05) is 0 Å². The summed E-state index contributed by atoms with van der Waals surface area (Å²) in [6.07, 6.45) is 3.25. The minimum absolute atomic E-state index is 0.655. The van der Waals surface area contributed by atoms with Crippen LogP contribution in [0.1, 0.15) is 11.1 Å². The van der Waals surface area contributed by atoms with Crippen molar-refractivity contribution in [2.45, 2.75) is 5.54 Å². The van der Waals surface area contributed by atoms with Gasteiger partial charge in [0.1, 0.15) is 0 Å². The molecule has 1 unspecified atom stereocenters. The van der Waals surface area contributed by atoms with Crippen molar-refractivity contribution in [3.63, 3.8) is 0 Å². The Bertz CT molecular complexity index is 398. The molecular formula is C10H9NO2. The molecule has 0 fully saturated rings. The molecule has 2 rings (SSSR count). The summed E-state index contributed by atoms with van der Waals surface area (Å²) in [6, 6.07) is 7.24. The Hall–Kier alpha value is -1.61. The zero-order valence-corrected chi connectivity index (χ0v) is 6.90. The summed E-state index contributed by atoms with van der Waals surface area (Å²) in [6.45, 7) is 0. The van der Waals surface area contributed by atoms with E-state index in [1.807, 2.05) is 12.1 Å². The Morgan fingerprint density at radius 2 is 2.08 bits per heavy atom. The van der Waals surface area contributed by atoms with Crippen molar-refractivity contribution in [3.05, 3.63) is 41.5 Å². The molecule has 0 amide bonds. The van der Waals surface area contributed by atoms with Gasteiger partial charge in [-0.3, -0.25) is 0 Å². The van der Waals surface area contributed by atoms with Gasteiger partial charge in [0.05, 0.1) is 0 Å². The molecular weight excluding hydrogens is 166 g/mol. The number of carboxylic acid groups (broad SMARTS) is 1. The maximum Gasteiger partial charge on any atom is 0.332 e. The molecule has 0 saturated heterocycles. The number of carboxylic acids is 1. The van der Waals surface area contributed by atoms with Gasteiger partial charge in [0.15, 0.2) is 5.54 Å².